The number of nitrogens with one attached hydrogen (secondary N) is 1. The number of carbonyl (C=O) groups excluding carboxylic acids is 1. The Balaban J connectivity index is 1.65. The number of hydrogen-bond acceptors (Lipinski definition) is 8. The van der Waals surface area contributed by atoms with Crippen LogP contribution in [-0.4, -0.2) is 74.5 Å². The first-order valence-corrected chi connectivity index (χ1v) is 10.5. The summed E-state index contributed by atoms with van der Waals surface area (Å²) in [4.78, 5) is 25.6. The largest absolute Gasteiger partial charge is 0.493 e. The fourth-order valence-corrected chi connectivity index (χ4v) is 3.48. The molecule has 2 heterocycles. The molecule has 32 heavy (non-hydrogen) atoms. The number of anilines is 2. The number of aromatic nitrogens is 2. The van der Waals surface area contributed by atoms with Gasteiger partial charge in [0.15, 0.2) is 11.5 Å². The van der Waals surface area contributed by atoms with Crippen molar-refractivity contribution >= 4 is 17.5 Å². The smallest absolute Gasteiger partial charge is 0.321 e. The van der Waals surface area contributed by atoms with Gasteiger partial charge in [-0.2, -0.15) is 4.98 Å². The minimum Gasteiger partial charge on any atom is -0.493 e. The van der Waals surface area contributed by atoms with E-state index in [4.69, 9.17) is 18.9 Å². The number of piperazine rings is 1. The average molecular weight is 446 g/mol. The summed E-state index contributed by atoms with van der Waals surface area (Å²) in [5.74, 6) is 3.45. The minimum absolute atomic E-state index is 0.0351. The van der Waals surface area contributed by atoms with Gasteiger partial charge in [-0.3, -0.25) is 0 Å². The normalized spacial score (nSPS) is 13.7. The number of carbonyl (C=O) groups is 1. The summed E-state index contributed by atoms with van der Waals surface area (Å²) in [6, 6.07) is 5.06. The fourth-order valence-electron chi connectivity index (χ4n) is 3.48. The number of rotatable bonds is 7. The summed E-state index contributed by atoms with van der Waals surface area (Å²) >= 11 is 0. The molecule has 2 aromatic rings. The molecule has 174 valence electrons. The molecule has 0 radical (unpaired) electrons. The van der Waals surface area contributed by atoms with Crippen LogP contribution >= 0.6 is 0 Å². The first kappa shape index (κ1) is 23.2. The highest BCUT2D eigenvalue weighted by Crippen LogP contribution is 2.40. The van der Waals surface area contributed by atoms with Crippen molar-refractivity contribution in [2.45, 2.75) is 26.9 Å². The van der Waals surface area contributed by atoms with Gasteiger partial charge in [-0.25, -0.2) is 9.78 Å². The van der Waals surface area contributed by atoms with E-state index in [1.165, 1.54) is 21.3 Å². The van der Waals surface area contributed by atoms with Gasteiger partial charge in [0, 0.05) is 44.4 Å². The van der Waals surface area contributed by atoms with E-state index in [-0.39, 0.29) is 12.1 Å². The number of urea groups is 1. The second-order valence-electron chi connectivity index (χ2n) is 7.60. The summed E-state index contributed by atoms with van der Waals surface area (Å²) in [6.07, 6.45) is 0.0351. The number of benzene rings is 1. The van der Waals surface area contributed by atoms with E-state index < -0.39 is 0 Å². The minimum atomic E-state index is -0.193. The topological polar surface area (TPSA) is 98.3 Å². The third-order valence-corrected chi connectivity index (χ3v) is 4.96. The molecule has 3 rings (SSSR count). The molecule has 1 saturated heterocycles. The Morgan fingerprint density at radius 2 is 1.59 bits per heavy atom. The van der Waals surface area contributed by atoms with Crippen LogP contribution in [0.25, 0.3) is 0 Å². The summed E-state index contributed by atoms with van der Waals surface area (Å²) in [5, 5.41) is 2.91. The lowest BCUT2D eigenvalue weighted by Crippen LogP contribution is -2.50. The van der Waals surface area contributed by atoms with Gasteiger partial charge < -0.3 is 34.1 Å². The van der Waals surface area contributed by atoms with Gasteiger partial charge in [0.1, 0.15) is 11.6 Å². The predicted octanol–water partition coefficient (Wildman–Crippen LogP) is 2.95. The molecule has 10 heteroatoms. The standard InChI is InChI=1S/C22H31N5O5/c1-14(2)32-20-13-19(23-15(3)24-20)26-7-9-27(10-8-26)22(28)25-16-11-17(29-4)21(31-6)18(12-16)30-5/h11-14H,7-10H2,1-6H3,(H,25,28). The predicted molar refractivity (Wildman–Crippen MR) is 121 cm³/mol. The van der Waals surface area contributed by atoms with Gasteiger partial charge in [0.2, 0.25) is 11.6 Å². The Morgan fingerprint density at radius 1 is 0.969 bits per heavy atom. The van der Waals surface area contributed by atoms with Crippen molar-refractivity contribution in [3.63, 3.8) is 0 Å². The molecular formula is C22H31N5O5. The van der Waals surface area contributed by atoms with Crippen LogP contribution in [0.4, 0.5) is 16.3 Å². The molecular weight excluding hydrogens is 414 g/mol. The van der Waals surface area contributed by atoms with Gasteiger partial charge in [0.25, 0.3) is 0 Å². The van der Waals surface area contributed by atoms with Crippen LogP contribution in [0, 0.1) is 6.92 Å². The van der Waals surface area contributed by atoms with E-state index in [2.05, 4.69) is 20.2 Å². The lowest BCUT2D eigenvalue weighted by molar-refractivity contribution is 0.208. The van der Waals surface area contributed by atoms with Gasteiger partial charge in [-0.1, -0.05) is 0 Å². The van der Waals surface area contributed by atoms with Crippen molar-refractivity contribution in [2.24, 2.45) is 0 Å². The quantitative estimate of drug-likeness (QED) is 0.695. The summed E-state index contributed by atoms with van der Waals surface area (Å²) in [5.41, 5.74) is 0.564. The molecule has 2 amide bonds. The molecule has 0 saturated carbocycles. The third kappa shape index (κ3) is 5.43. The first-order chi connectivity index (χ1) is 15.3. The highest BCUT2D eigenvalue weighted by Gasteiger charge is 2.24. The zero-order valence-electron chi connectivity index (χ0n) is 19.5. The lowest BCUT2D eigenvalue weighted by atomic mass is 10.2. The van der Waals surface area contributed by atoms with E-state index in [1.54, 1.807) is 17.0 Å². The lowest BCUT2D eigenvalue weighted by Gasteiger charge is -2.35. The van der Waals surface area contributed by atoms with Crippen LogP contribution in [0.3, 0.4) is 0 Å². The second-order valence-corrected chi connectivity index (χ2v) is 7.60. The summed E-state index contributed by atoms with van der Waals surface area (Å²) < 4.78 is 21.8. The van der Waals surface area contributed by atoms with Crippen molar-refractivity contribution in [2.75, 3.05) is 57.7 Å². The Hall–Kier alpha value is -3.43. The van der Waals surface area contributed by atoms with E-state index in [0.29, 0.717) is 60.8 Å². The van der Waals surface area contributed by atoms with Crippen LogP contribution < -0.4 is 29.2 Å². The van der Waals surface area contributed by atoms with Gasteiger partial charge >= 0.3 is 6.03 Å². The van der Waals surface area contributed by atoms with Crippen molar-refractivity contribution < 1.29 is 23.7 Å². The number of hydrogen-bond donors (Lipinski definition) is 1. The SMILES string of the molecule is COc1cc(NC(=O)N2CCN(c3cc(OC(C)C)nc(C)n3)CC2)cc(OC)c1OC. The zero-order chi connectivity index (χ0) is 23.3. The molecule has 1 aromatic carbocycles. The van der Waals surface area contributed by atoms with Gasteiger partial charge in [-0.15, -0.1) is 0 Å². The molecule has 1 aromatic heterocycles. The van der Waals surface area contributed by atoms with Crippen LogP contribution in [0.5, 0.6) is 23.1 Å². The van der Waals surface area contributed by atoms with E-state index >= 15 is 0 Å². The molecule has 1 aliphatic heterocycles. The Morgan fingerprint density at radius 3 is 2.12 bits per heavy atom. The maximum atomic E-state index is 12.8. The first-order valence-electron chi connectivity index (χ1n) is 10.5. The van der Waals surface area contributed by atoms with Crippen molar-refractivity contribution in [1.82, 2.24) is 14.9 Å². The third-order valence-electron chi connectivity index (χ3n) is 4.96. The maximum Gasteiger partial charge on any atom is 0.321 e. The van der Waals surface area contributed by atoms with Crippen molar-refractivity contribution in [3.05, 3.63) is 24.0 Å². The molecule has 0 bridgehead atoms. The molecule has 10 nitrogen and oxygen atoms in total. The highest BCUT2D eigenvalue weighted by molar-refractivity contribution is 5.90. The number of aryl methyl sites for hydroxylation is 1. The maximum absolute atomic E-state index is 12.8. The molecule has 1 fully saturated rings. The van der Waals surface area contributed by atoms with Crippen LogP contribution in [0.15, 0.2) is 18.2 Å². The monoisotopic (exact) mass is 445 g/mol. The number of methoxy groups -OCH3 is 3. The highest BCUT2D eigenvalue weighted by atomic mass is 16.5. The number of ether oxygens (including phenoxy) is 4. The van der Waals surface area contributed by atoms with E-state index in [0.717, 1.165) is 5.82 Å². The summed E-state index contributed by atoms with van der Waals surface area (Å²) in [6.45, 7) is 8.18. The molecule has 0 atom stereocenters. The Labute approximate surface area is 188 Å². The fraction of sp³-hybridized carbons (Fsp3) is 0.500. The molecule has 1 N–H and O–H groups in total. The number of nitrogens with zero attached hydrogens (tertiary/aromatic N) is 4. The van der Waals surface area contributed by atoms with Gasteiger partial charge in [-0.05, 0) is 20.8 Å². The Kier molecular flexibility index (Phi) is 7.45. The van der Waals surface area contributed by atoms with Crippen LogP contribution in [0.1, 0.15) is 19.7 Å². The van der Waals surface area contributed by atoms with Crippen LogP contribution in [-0.2, 0) is 0 Å². The molecule has 0 aliphatic carbocycles. The molecule has 0 unspecified atom stereocenters. The average Bonchev–Trinajstić information content (AvgIpc) is 2.77. The summed E-state index contributed by atoms with van der Waals surface area (Å²) in [7, 11) is 4.61. The van der Waals surface area contributed by atoms with Crippen LogP contribution in [0.2, 0.25) is 0 Å². The number of amides is 2. The van der Waals surface area contributed by atoms with E-state index in [1.807, 2.05) is 26.8 Å². The molecule has 1 aliphatic rings. The Bertz CT molecular complexity index is 919. The second kappa shape index (κ2) is 10.3. The molecule has 0 spiro atoms. The van der Waals surface area contributed by atoms with E-state index in [9.17, 15) is 4.79 Å². The van der Waals surface area contributed by atoms with Crippen molar-refractivity contribution in [3.8, 4) is 23.1 Å². The zero-order valence-corrected chi connectivity index (χ0v) is 19.5. The van der Waals surface area contributed by atoms with Crippen molar-refractivity contribution in [1.29, 1.82) is 0 Å². The van der Waals surface area contributed by atoms with Gasteiger partial charge in [0.05, 0.1) is 33.1 Å².